The highest BCUT2D eigenvalue weighted by atomic mass is 32.1. The van der Waals surface area contributed by atoms with Crippen LogP contribution in [0.5, 0.6) is 11.5 Å². The lowest BCUT2D eigenvalue weighted by Gasteiger charge is -2.55. The number of amides is 3. The van der Waals surface area contributed by atoms with Crippen LogP contribution in [0.4, 0.5) is 5.69 Å². The van der Waals surface area contributed by atoms with E-state index in [2.05, 4.69) is 38.2 Å². The Labute approximate surface area is 337 Å². The average Bonchev–Trinajstić information content (AvgIpc) is 3.82. The molecule has 0 radical (unpaired) electrons. The summed E-state index contributed by atoms with van der Waals surface area (Å²) in [6, 6.07) is 11.7. The van der Waals surface area contributed by atoms with Gasteiger partial charge in [-0.2, -0.15) is 0 Å². The third-order valence-corrected chi connectivity index (χ3v) is 14.6. The fourth-order valence-electron chi connectivity index (χ4n) is 10.1. The first-order valence-corrected chi connectivity index (χ1v) is 21.2. The van der Waals surface area contributed by atoms with Crippen molar-refractivity contribution in [1.29, 1.82) is 0 Å². The Balaban J connectivity index is 0.768. The van der Waals surface area contributed by atoms with E-state index in [0.29, 0.717) is 29.9 Å². The number of anilines is 1. The normalized spacial score (nSPS) is 21.6. The van der Waals surface area contributed by atoms with Crippen LogP contribution in [0.25, 0.3) is 21.2 Å². The molecule has 1 spiro atoms. The van der Waals surface area contributed by atoms with Crippen LogP contribution in [0.15, 0.2) is 46.6 Å². The summed E-state index contributed by atoms with van der Waals surface area (Å²) in [6.07, 6.45) is 5.37. The molecule has 4 fully saturated rings. The Morgan fingerprint density at radius 1 is 0.895 bits per heavy atom. The van der Waals surface area contributed by atoms with E-state index in [1.807, 2.05) is 37.6 Å². The van der Waals surface area contributed by atoms with Gasteiger partial charge >= 0.3 is 0 Å². The summed E-state index contributed by atoms with van der Waals surface area (Å²) in [6.45, 7) is 10.7. The van der Waals surface area contributed by atoms with Crippen molar-refractivity contribution >= 4 is 44.8 Å². The molecule has 300 valence electrons. The second-order valence-electron chi connectivity index (χ2n) is 17.0. The minimum Gasteiger partial charge on any atom is -0.496 e. The van der Waals surface area contributed by atoms with Crippen molar-refractivity contribution in [1.82, 2.24) is 24.6 Å². The minimum atomic E-state index is -0.587. The first-order valence-electron chi connectivity index (χ1n) is 20.3. The molecule has 1 N–H and O–H groups in total. The van der Waals surface area contributed by atoms with Gasteiger partial charge in [0, 0.05) is 78.8 Å². The van der Waals surface area contributed by atoms with Gasteiger partial charge in [-0.1, -0.05) is 6.07 Å². The fraction of sp³-hybridized carbons (Fsp3) is 0.500. The molecule has 0 aliphatic carbocycles. The number of fused-ring (bicyclic) bond motifs is 2. The fourth-order valence-corrected chi connectivity index (χ4v) is 11.1. The molecule has 1 atom stereocenters. The van der Waals surface area contributed by atoms with Gasteiger partial charge in [-0.25, -0.2) is 0 Å². The number of benzene rings is 2. The number of likely N-dealkylation sites (tertiary alicyclic amines) is 2. The first kappa shape index (κ1) is 37.8. The second-order valence-corrected chi connectivity index (χ2v) is 17.9. The molecule has 3 amide bonds. The molecule has 13 heteroatoms. The molecule has 57 heavy (non-hydrogen) atoms. The average molecular weight is 793 g/mol. The lowest BCUT2D eigenvalue weighted by molar-refractivity contribution is -0.136. The first-order chi connectivity index (χ1) is 27.5. The third kappa shape index (κ3) is 6.80. The number of methoxy groups -OCH3 is 2. The van der Waals surface area contributed by atoms with Gasteiger partial charge < -0.3 is 28.7 Å². The largest absolute Gasteiger partial charge is 0.496 e. The van der Waals surface area contributed by atoms with Gasteiger partial charge in [0.1, 0.15) is 17.5 Å². The molecule has 2 aromatic carbocycles. The number of nitrogens with zero attached hydrogens (tertiary/aromatic N) is 5. The van der Waals surface area contributed by atoms with Crippen LogP contribution in [0.3, 0.4) is 0 Å². The summed E-state index contributed by atoms with van der Waals surface area (Å²) >= 11 is 1.59. The number of pyridine rings is 1. The van der Waals surface area contributed by atoms with E-state index in [9.17, 15) is 19.2 Å². The number of imide groups is 1. The van der Waals surface area contributed by atoms with Crippen molar-refractivity contribution in [2.75, 3.05) is 64.9 Å². The Morgan fingerprint density at radius 3 is 2.30 bits per heavy atom. The van der Waals surface area contributed by atoms with Crippen molar-refractivity contribution in [3.05, 3.63) is 74.5 Å². The second kappa shape index (κ2) is 14.9. The van der Waals surface area contributed by atoms with Gasteiger partial charge in [0.2, 0.25) is 11.8 Å². The molecule has 12 nitrogen and oxygen atoms in total. The van der Waals surface area contributed by atoms with Crippen LogP contribution in [0.2, 0.25) is 0 Å². The van der Waals surface area contributed by atoms with Crippen LogP contribution in [0.1, 0.15) is 65.7 Å². The molecular weight excluding hydrogens is 741 g/mol. The zero-order valence-corrected chi connectivity index (χ0v) is 34.2. The number of nitrogens with one attached hydrogen (secondary N) is 1. The highest BCUT2D eigenvalue weighted by Crippen LogP contribution is 2.45. The zero-order valence-electron chi connectivity index (χ0n) is 33.4. The molecular formula is C44H52N6O6S. The number of hydrogen-bond acceptors (Lipinski definition) is 10. The van der Waals surface area contributed by atoms with Gasteiger partial charge in [-0.05, 0) is 118 Å². The molecule has 4 aromatic rings. The Bertz CT molecular complexity index is 2290. The standard InChI is InChI=1S/C44H52N6O6S/c1-27-39(40-32(11-18-57-40)42(53)46(27)2)30-19-36(55-3)34(37(20-30)56-4)24-47-14-9-28(10-15-47)22-48-16-12-44(13-17-48)25-49(26-44)31-6-5-29-23-50(43(54)33(29)21-31)35-7-8-38(51)45-41(35)52/h5-6,11,18-21,28,35H,7-10,12-17,22-26H2,1-4H3,(H,45,51,52). The number of thiophene rings is 1. The number of rotatable bonds is 9. The predicted octanol–water partition coefficient (Wildman–Crippen LogP) is 5.17. The highest BCUT2D eigenvalue weighted by molar-refractivity contribution is 7.17. The minimum absolute atomic E-state index is 0.0251. The SMILES string of the molecule is COc1cc(-c2c(C)n(C)c(=O)c3ccsc23)cc(OC)c1CN1CCC(CN2CCC3(CC2)CN(c2ccc4c(c2)C(=O)N(C2CCC(=O)NC2=O)C4)C3)CC1. The summed E-state index contributed by atoms with van der Waals surface area (Å²) in [5.41, 5.74) is 7.09. The van der Waals surface area contributed by atoms with Gasteiger partial charge in [0.15, 0.2) is 0 Å². The highest BCUT2D eigenvalue weighted by Gasteiger charge is 2.46. The van der Waals surface area contributed by atoms with Crippen LogP contribution >= 0.6 is 11.3 Å². The molecule has 4 saturated heterocycles. The molecule has 0 saturated carbocycles. The lowest BCUT2D eigenvalue weighted by Crippen LogP contribution is -2.60. The van der Waals surface area contributed by atoms with E-state index < -0.39 is 6.04 Å². The van der Waals surface area contributed by atoms with Gasteiger partial charge in [0.25, 0.3) is 11.5 Å². The van der Waals surface area contributed by atoms with E-state index >= 15 is 0 Å². The van der Waals surface area contributed by atoms with E-state index in [1.165, 1.54) is 25.7 Å². The van der Waals surface area contributed by atoms with Crippen molar-refractivity contribution in [2.24, 2.45) is 18.4 Å². The monoisotopic (exact) mass is 792 g/mol. The smallest absolute Gasteiger partial charge is 0.259 e. The maximum atomic E-state index is 13.4. The van der Waals surface area contributed by atoms with E-state index in [0.717, 1.165) is 108 Å². The van der Waals surface area contributed by atoms with Gasteiger partial charge in [0.05, 0.1) is 25.2 Å². The molecule has 7 heterocycles. The number of piperidine rings is 3. The number of carbonyl (C=O) groups is 3. The zero-order chi connectivity index (χ0) is 39.6. The molecule has 9 rings (SSSR count). The predicted molar refractivity (Wildman–Crippen MR) is 221 cm³/mol. The van der Waals surface area contributed by atoms with Crippen LogP contribution in [0, 0.1) is 18.3 Å². The van der Waals surface area contributed by atoms with Crippen molar-refractivity contribution in [3.8, 4) is 22.6 Å². The van der Waals surface area contributed by atoms with Gasteiger partial charge in [-0.15, -0.1) is 11.3 Å². The maximum Gasteiger partial charge on any atom is 0.259 e. The van der Waals surface area contributed by atoms with Crippen LogP contribution in [-0.4, -0.2) is 103 Å². The molecule has 5 aliphatic rings. The lowest BCUT2D eigenvalue weighted by atomic mass is 9.71. The van der Waals surface area contributed by atoms with Crippen LogP contribution < -0.4 is 25.2 Å². The molecule has 2 aromatic heterocycles. The topological polar surface area (TPSA) is 117 Å². The van der Waals surface area contributed by atoms with E-state index in [4.69, 9.17) is 9.47 Å². The molecule has 1 unspecified atom stereocenters. The summed E-state index contributed by atoms with van der Waals surface area (Å²) in [5, 5.41) is 5.11. The van der Waals surface area contributed by atoms with E-state index in [1.54, 1.807) is 35.0 Å². The summed E-state index contributed by atoms with van der Waals surface area (Å²) in [5.74, 6) is 1.55. The number of carbonyl (C=O) groups excluding carboxylic acids is 3. The van der Waals surface area contributed by atoms with Gasteiger partial charge in [-0.3, -0.25) is 29.4 Å². The number of hydrogen-bond donors (Lipinski definition) is 1. The Morgan fingerprint density at radius 2 is 1.61 bits per heavy atom. The summed E-state index contributed by atoms with van der Waals surface area (Å²) in [4.78, 5) is 59.6. The van der Waals surface area contributed by atoms with Crippen molar-refractivity contribution < 1.29 is 23.9 Å². The Kier molecular flexibility index (Phi) is 9.89. The van der Waals surface area contributed by atoms with Crippen molar-refractivity contribution in [3.63, 3.8) is 0 Å². The van der Waals surface area contributed by atoms with Crippen LogP contribution in [-0.2, 0) is 29.7 Å². The maximum absolute atomic E-state index is 13.4. The molecule has 0 bridgehead atoms. The van der Waals surface area contributed by atoms with Crippen molar-refractivity contribution in [2.45, 2.75) is 64.6 Å². The summed E-state index contributed by atoms with van der Waals surface area (Å²) in [7, 11) is 5.28. The number of aromatic nitrogens is 1. The summed E-state index contributed by atoms with van der Waals surface area (Å²) < 4.78 is 14.7. The third-order valence-electron chi connectivity index (χ3n) is 13.6. The molecule has 5 aliphatic heterocycles. The Hall–Kier alpha value is -4.72. The quantitative estimate of drug-likeness (QED) is 0.230. The number of ether oxygens (including phenoxy) is 2. The van der Waals surface area contributed by atoms with E-state index in [-0.39, 0.29) is 29.7 Å².